The second kappa shape index (κ2) is 9.44. The van der Waals surface area contributed by atoms with Gasteiger partial charge in [-0.05, 0) is 54.9 Å². The molecule has 0 radical (unpaired) electrons. The van der Waals surface area contributed by atoms with Crippen molar-refractivity contribution in [3.8, 4) is 0 Å². The van der Waals surface area contributed by atoms with Gasteiger partial charge in [0.2, 0.25) is 0 Å². The smallest absolute Gasteiger partial charge is 0.0115 e. The summed E-state index contributed by atoms with van der Waals surface area (Å²) in [6.07, 6.45) is 5.81. The van der Waals surface area contributed by atoms with Gasteiger partial charge in [0.25, 0.3) is 0 Å². The first kappa shape index (κ1) is 16.6. The number of thioether (sulfide) groups is 1. The van der Waals surface area contributed by atoms with E-state index in [1.54, 1.807) is 0 Å². The Balaban J connectivity index is 2.56. The SMILES string of the molecule is CCCNC(CCSC)Cc1ccc(C(C)C)cc1. The molecule has 1 aromatic carbocycles. The molecule has 2 heteroatoms. The number of benzene rings is 1. The highest BCUT2D eigenvalue weighted by molar-refractivity contribution is 7.98. The summed E-state index contributed by atoms with van der Waals surface area (Å²) in [7, 11) is 0. The highest BCUT2D eigenvalue weighted by Gasteiger charge is 2.08. The van der Waals surface area contributed by atoms with Gasteiger partial charge < -0.3 is 5.32 Å². The molecule has 0 aromatic heterocycles. The maximum Gasteiger partial charge on any atom is 0.0115 e. The summed E-state index contributed by atoms with van der Waals surface area (Å²) in [6, 6.07) is 9.79. The molecule has 0 bridgehead atoms. The fourth-order valence-corrected chi connectivity index (χ4v) is 2.73. The zero-order valence-corrected chi connectivity index (χ0v) is 13.7. The highest BCUT2D eigenvalue weighted by Crippen LogP contribution is 2.16. The highest BCUT2D eigenvalue weighted by atomic mass is 32.2. The normalized spacial score (nSPS) is 12.9. The molecule has 1 atom stereocenters. The number of nitrogens with one attached hydrogen (secondary N) is 1. The summed E-state index contributed by atoms with van der Waals surface area (Å²) < 4.78 is 0. The lowest BCUT2D eigenvalue weighted by Crippen LogP contribution is -2.32. The molecule has 0 spiro atoms. The third-order valence-electron chi connectivity index (χ3n) is 3.48. The molecule has 0 heterocycles. The van der Waals surface area contributed by atoms with Crippen LogP contribution >= 0.6 is 11.8 Å². The van der Waals surface area contributed by atoms with Gasteiger partial charge in [0.15, 0.2) is 0 Å². The summed E-state index contributed by atoms with van der Waals surface area (Å²) in [5.41, 5.74) is 2.89. The van der Waals surface area contributed by atoms with Crippen molar-refractivity contribution >= 4 is 11.8 Å². The molecule has 1 unspecified atom stereocenters. The van der Waals surface area contributed by atoms with E-state index in [1.807, 2.05) is 11.8 Å². The van der Waals surface area contributed by atoms with Crippen LogP contribution in [0.2, 0.25) is 0 Å². The van der Waals surface area contributed by atoms with E-state index in [0.717, 1.165) is 13.0 Å². The Morgan fingerprint density at radius 3 is 2.37 bits per heavy atom. The van der Waals surface area contributed by atoms with Crippen molar-refractivity contribution in [2.45, 2.75) is 52.0 Å². The molecule has 108 valence electrons. The quantitative estimate of drug-likeness (QED) is 0.715. The Hall–Kier alpha value is -0.470. The molecule has 1 rings (SSSR count). The van der Waals surface area contributed by atoms with Crippen LogP contribution in [0.3, 0.4) is 0 Å². The second-order valence-electron chi connectivity index (χ2n) is 5.53. The summed E-state index contributed by atoms with van der Waals surface area (Å²) in [4.78, 5) is 0. The minimum Gasteiger partial charge on any atom is -0.314 e. The van der Waals surface area contributed by atoms with Crippen molar-refractivity contribution < 1.29 is 0 Å². The Kier molecular flexibility index (Phi) is 8.24. The Morgan fingerprint density at radius 2 is 1.84 bits per heavy atom. The third-order valence-corrected chi connectivity index (χ3v) is 4.13. The van der Waals surface area contributed by atoms with E-state index in [4.69, 9.17) is 0 Å². The van der Waals surface area contributed by atoms with Crippen LogP contribution in [0.1, 0.15) is 50.7 Å². The molecule has 0 aliphatic carbocycles. The zero-order valence-electron chi connectivity index (χ0n) is 12.9. The van der Waals surface area contributed by atoms with Crippen molar-refractivity contribution in [3.63, 3.8) is 0 Å². The van der Waals surface area contributed by atoms with Crippen LogP contribution in [-0.2, 0) is 6.42 Å². The zero-order chi connectivity index (χ0) is 14.1. The van der Waals surface area contributed by atoms with Crippen LogP contribution in [0.15, 0.2) is 24.3 Å². The lowest BCUT2D eigenvalue weighted by Gasteiger charge is -2.18. The molecular formula is C17H29NS. The molecule has 0 amide bonds. The molecule has 1 nitrogen and oxygen atoms in total. The van der Waals surface area contributed by atoms with Gasteiger partial charge in [0, 0.05) is 6.04 Å². The first-order valence-electron chi connectivity index (χ1n) is 7.48. The van der Waals surface area contributed by atoms with Crippen LogP contribution in [-0.4, -0.2) is 24.6 Å². The Bertz CT molecular complexity index is 324. The molecule has 19 heavy (non-hydrogen) atoms. The van der Waals surface area contributed by atoms with E-state index < -0.39 is 0 Å². The second-order valence-corrected chi connectivity index (χ2v) is 6.52. The van der Waals surface area contributed by atoms with Crippen molar-refractivity contribution in [2.75, 3.05) is 18.6 Å². The molecular weight excluding hydrogens is 250 g/mol. The van der Waals surface area contributed by atoms with Crippen LogP contribution in [0.4, 0.5) is 0 Å². The minimum atomic E-state index is 0.622. The summed E-state index contributed by atoms with van der Waals surface area (Å²) in [5, 5.41) is 3.68. The largest absolute Gasteiger partial charge is 0.314 e. The van der Waals surface area contributed by atoms with Gasteiger partial charge in [0.1, 0.15) is 0 Å². The van der Waals surface area contributed by atoms with Crippen LogP contribution in [0.25, 0.3) is 0 Å². The van der Waals surface area contributed by atoms with Gasteiger partial charge in [-0.15, -0.1) is 0 Å². The van der Waals surface area contributed by atoms with Crippen molar-refractivity contribution in [3.05, 3.63) is 35.4 Å². The molecule has 1 N–H and O–H groups in total. The average molecular weight is 279 g/mol. The van der Waals surface area contributed by atoms with Crippen LogP contribution < -0.4 is 5.32 Å². The van der Waals surface area contributed by atoms with E-state index in [0.29, 0.717) is 12.0 Å². The predicted octanol–water partition coefficient (Wildman–Crippen LogP) is 4.47. The number of hydrogen-bond donors (Lipinski definition) is 1. The molecule has 0 saturated carbocycles. The van der Waals surface area contributed by atoms with Gasteiger partial charge in [-0.3, -0.25) is 0 Å². The van der Waals surface area contributed by atoms with Crippen molar-refractivity contribution in [2.24, 2.45) is 0 Å². The summed E-state index contributed by atoms with van der Waals surface area (Å²) in [6.45, 7) is 7.86. The van der Waals surface area contributed by atoms with Crippen molar-refractivity contribution in [1.29, 1.82) is 0 Å². The molecule has 0 aliphatic heterocycles. The van der Waals surface area contributed by atoms with Crippen LogP contribution in [0, 0.1) is 0 Å². The Labute approximate surface area is 123 Å². The van der Waals surface area contributed by atoms with E-state index in [-0.39, 0.29) is 0 Å². The molecule has 0 saturated heterocycles. The summed E-state index contributed by atoms with van der Waals surface area (Å²) >= 11 is 1.94. The van der Waals surface area contributed by atoms with Crippen LogP contribution in [0.5, 0.6) is 0 Å². The van der Waals surface area contributed by atoms with Gasteiger partial charge in [0.05, 0.1) is 0 Å². The fraction of sp³-hybridized carbons (Fsp3) is 0.647. The first-order chi connectivity index (χ1) is 9.17. The lowest BCUT2D eigenvalue weighted by atomic mass is 9.98. The fourth-order valence-electron chi connectivity index (χ4n) is 2.21. The molecule has 1 aromatic rings. The Morgan fingerprint density at radius 1 is 1.16 bits per heavy atom. The predicted molar refractivity (Wildman–Crippen MR) is 89.3 cm³/mol. The minimum absolute atomic E-state index is 0.622. The third kappa shape index (κ3) is 6.49. The van der Waals surface area contributed by atoms with Gasteiger partial charge >= 0.3 is 0 Å². The average Bonchev–Trinajstić information content (AvgIpc) is 2.42. The van der Waals surface area contributed by atoms with Gasteiger partial charge in [-0.25, -0.2) is 0 Å². The van der Waals surface area contributed by atoms with Gasteiger partial charge in [-0.2, -0.15) is 11.8 Å². The van der Waals surface area contributed by atoms with E-state index in [2.05, 4.69) is 56.6 Å². The van der Waals surface area contributed by atoms with E-state index in [1.165, 1.54) is 29.7 Å². The molecule has 0 fully saturated rings. The maximum absolute atomic E-state index is 3.68. The molecule has 0 aliphatic rings. The monoisotopic (exact) mass is 279 g/mol. The number of rotatable bonds is 9. The maximum atomic E-state index is 3.68. The standard InChI is InChI=1S/C17H29NS/c1-5-11-18-17(10-12-19-4)13-15-6-8-16(9-7-15)14(2)3/h6-9,14,17-18H,5,10-13H2,1-4H3. The summed E-state index contributed by atoms with van der Waals surface area (Å²) in [5.74, 6) is 1.87. The first-order valence-corrected chi connectivity index (χ1v) is 8.87. The van der Waals surface area contributed by atoms with Crippen molar-refractivity contribution in [1.82, 2.24) is 5.32 Å². The van der Waals surface area contributed by atoms with E-state index in [9.17, 15) is 0 Å². The lowest BCUT2D eigenvalue weighted by molar-refractivity contribution is 0.497. The van der Waals surface area contributed by atoms with Gasteiger partial charge in [-0.1, -0.05) is 45.0 Å². The topological polar surface area (TPSA) is 12.0 Å². The number of hydrogen-bond acceptors (Lipinski definition) is 2. The van der Waals surface area contributed by atoms with E-state index >= 15 is 0 Å².